The molecule has 278 valence electrons. The summed E-state index contributed by atoms with van der Waals surface area (Å²) in [5.41, 5.74) is 0. The van der Waals surface area contributed by atoms with Crippen LogP contribution in [-0.4, -0.2) is 52.3 Å². The van der Waals surface area contributed by atoms with Crippen molar-refractivity contribution in [2.75, 3.05) is 13.2 Å². The molecule has 0 radical (unpaired) electrons. The quantitative estimate of drug-likeness (QED) is 0.0271. The molecule has 3 N–H and O–H groups in total. The van der Waals surface area contributed by atoms with Gasteiger partial charge >= 0.3 is 19.8 Å². The van der Waals surface area contributed by atoms with Crippen molar-refractivity contribution in [3.63, 3.8) is 0 Å². The van der Waals surface area contributed by atoms with Crippen molar-refractivity contribution in [1.82, 2.24) is 0 Å². The molecule has 1 unspecified atom stereocenters. The van der Waals surface area contributed by atoms with Crippen molar-refractivity contribution < 1.29 is 43.0 Å². The van der Waals surface area contributed by atoms with Crippen LogP contribution < -0.4 is 0 Å². The first-order chi connectivity index (χ1) is 23.1. The number of phosphoric ester groups is 1. The minimum atomic E-state index is -4.77. The maximum absolute atomic E-state index is 12.3. The van der Waals surface area contributed by atoms with Crippen molar-refractivity contribution in [3.8, 4) is 0 Å². The predicted octanol–water partition coefficient (Wildman–Crippen LogP) is 9.61. The molecule has 0 saturated heterocycles. The van der Waals surface area contributed by atoms with Crippen LogP contribution in [0.2, 0.25) is 0 Å². The second-order valence-electron chi connectivity index (χ2n) is 12.6. The molecule has 0 spiro atoms. The van der Waals surface area contributed by atoms with E-state index in [0.717, 1.165) is 63.7 Å². The SMILES string of the molecule is CCC(C)CCCCCCCCCCC(=O)OC[C@H](COP(=O)(O)O)OC(=O)CCC/C=C\C/C=C\C/C=C\C/C=C\CC[C@H](O)CC. The summed E-state index contributed by atoms with van der Waals surface area (Å²) in [6.07, 6.45) is 33.6. The van der Waals surface area contributed by atoms with Gasteiger partial charge in [0.05, 0.1) is 12.7 Å². The van der Waals surface area contributed by atoms with Crippen LogP contribution in [0.15, 0.2) is 48.6 Å². The molecular formula is C38H67O9P. The van der Waals surface area contributed by atoms with Gasteiger partial charge in [0, 0.05) is 12.8 Å². The van der Waals surface area contributed by atoms with Crippen molar-refractivity contribution in [3.05, 3.63) is 48.6 Å². The summed E-state index contributed by atoms with van der Waals surface area (Å²) in [5.74, 6) is -0.155. The third-order valence-corrected chi connectivity index (χ3v) is 8.54. The number of aliphatic hydroxyl groups excluding tert-OH is 1. The topological polar surface area (TPSA) is 140 Å². The Morgan fingerprint density at radius 3 is 1.73 bits per heavy atom. The maximum Gasteiger partial charge on any atom is 0.469 e. The van der Waals surface area contributed by atoms with E-state index in [0.29, 0.717) is 19.3 Å². The number of rotatable bonds is 32. The number of ether oxygens (including phenoxy) is 2. The summed E-state index contributed by atoms with van der Waals surface area (Å²) in [4.78, 5) is 42.6. The zero-order valence-electron chi connectivity index (χ0n) is 30.1. The summed E-state index contributed by atoms with van der Waals surface area (Å²) in [7, 11) is -4.77. The Kier molecular flexibility index (Phi) is 30.8. The van der Waals surface area contributed by atoms with Gasteiger partial charge in [-0.05, 0) is 63.7 Å². The van der Waals surface area contributed by atoms with Crippen LogP contribution in [0.1, 0.15) is 149 Å². The number of hydrogen-bond acceptors (Lipinski definition) is 7. The molecule has 48 heavy (non-hydrogen) atoms. The molecule has 10 heteroatoms. The first-order valence-corrected chi connectivity index (χ1v) is 19.9. The van der Waals surface area contributed by atoms with E-state index in [-0.39, 0.29) is 25.6 Å². The van der Waals surface area contributed by atoms with Crippen LogP contribution in [-0.2, 0) is 28.2 Å². The van der Waals surface area contributed by atoms with Gasteiger partial charge in [-0.25, -0.2) is 4.57 Å². The van der Waals surface area contributed by atoms with Gasteiger partial charge < -0.3 is 24.4 Å². The Morgan fingerprint density at radius 1 is 0.646 bits per heavy atom. The molecule has 0 aliphatic carbocycles. The second-order valence-corrected chi connectivity index (χ2v) is 13.8. The number of aliphatic hydroxyl groups is 1. The van der Waals surface area contributed by atoms with E-state index < -0.39 is 32.5 Å². The van der Waals surface area contributed by atoms with Crippen LogP contribution in [0.3, 0.4) is 0 Å². The Morgan fingerprint density at radius 2 is 1.17 bits per heavy atom. The van der Waals surface area contributed by atoms with Crippen molar-refractivity contribution in [1.29, 1.82) is 0 Å². The van der Waals surface area contributed by atoms with Gasteiger partial charge in [0.1, 0.15) is 6.61 Å². The van der Waals surface area contributed by atoms with E-state index in [1.54, 1.807) is 0 Å². The number of carbonyl (C=O) groups is 2. The zero-order chi connectivity index (χ0) is 35.7. The summed E-state index contributed by atoms with van der Waals surface area (Å²) >= 11 is 0. The van der Waals surface area contributed by atoms with Gasteiger partial charge in [0.25, 0.3) is 0 Å². The second kappa shape index (κ2) is 32.2. The van der Waals surface area contributed by atoms with Crippen LogP contribution in [0.5, 0.6) is 0 Å². The highest BCUT2D eigenvalue weighted by Crippen LogP contribution is 2.36. The maximum atomic E-state index is 12.3. The monoisotopic (exact) mass is 698 g/mol. The highest BCUT2D eigenvalue weighted by molar-refractivity contribution is 7.46. The smallest absolute Gasteiger partial charge is 0.462 e. The van der Waals surface area contributed by atoms with Gasteiger partial charge in [-0.3, -0.25) is 14.1 Å². The average Bonchev–Trinajstić information content (AvgIpc) is 3.05. The summed E-state index contributed by atoms with van der Waals surface area (Å²) in [6, 6.07) is 0. The fraction of sp³-hybridized carbons (Fsp3) is 0.737. The molecule has 0 aromatic heterocycles. The molecule has 0 amide bonds. The first kappa shape index (κ1) is 46.0. The molecule has 3 atom stereocenters. The molecular weight excluding hydrogens is 631 g/mol. The molecule has 0 aliphatic rings. The van der Waals surface area contributed by atoms with Crippen molar-refractivity contribution in [2.24, 2.45) is 5.92 Å². The minimum Gasteiger partial charge on any atom is -0.462 e. The summed E-state index contributed by atoms with van der Waals surface area (Å²) in [5, 5.41) is 9.52. The standard InChI is InChI=1S/C38H67O9P/c1-4-34(3)28-24-20-16-14-15-18-22-26-30-37(40)45-32-36(33-46-48(42,43)44)47-38(41)31-27-23-19-13-11-9-7-6-8-10-12-17-21-25-29-35(39)5-2/h7-10,13,17,19,21,34-36,39H,4-6,11-12,14-16,18,20,22-33H2,1-3H3,(H2,42,43,44)/b9-7-,10-8-,19-13-,21-17-/t34?,35-,36-/m1/s1. The van der Waals surface area contributed by atoms with E-state index in [9.17, 15) is 19.3 Å². The van der Waals surface area contributed by atoms with Gasteiger partial charge in [-0.15, -0.1) is 0 Å². The Labute approximate surface area is 291 Å². The molecule has 9 nitrogen and oxygen atoms in total. The van der Waals surface area contributed by atoms with Crippen molar-refractivity contribution in [2.45, 2.75) is 161 Å². The van der Waals surface area contributed by atoms with Crippen LogP contribution in [0, 0.1) is 5.92 Å². The van der Waals surface area contributed by atoms with Crippen molar-refractivity contribution >= 4 is 19.8 Å². The molecule has 0 aliphatic heterocycles. The van der Waals surface area contributed by atoms with E-state index in [2.05, 4.69) is 54.8 Å². The largest absolute Gasteiger partial charge is 0.469 e. The number of allylic oxidation sites excluding steroid dienone is 8. The van der Waals surface area contributed by atoms with E-state index in [1.807, 2.05) is 19.1 Å². The fourth-order valence-electron chi connectivity index (χ4n) is 4.73. The fourth-order valence-corrected chi connectivity index (χ4v) is 5.09. The third-order valence-electron chi connectivity index (χ3n) is 8.05. The van der Waals surface area contributed by atoms with E-state index in [4.69, 9.17) is 19.3 Å². The number of hydrogen-bond donors (Lipinski definition) is 3. The summed E-state index contributed by atoms with van der Waals surface area (Å²) in [6.45, 7) is 5.65. The first-order valence-electron chi connectivity index (χ1n) is 18.4. The third kappa shape index (κ3) is 33.9. The molecule has 0 heterocycles. The average molecular weight is 699 g/mol. The lowest BCUT2D eigenvalue weighted by Crippen LogP contribution is -2.29. The number of carbonyl (C=O) groups excluding carboxylic acids is 2. The van der Waals surface area contributed by atoms with Crippen LogP contribution in [0.25, 0.3) is 0 Å². The van der Waals surface area contributed by atoms with Gasteiger partial charge in [0.15, 0.2) is 6.10 Å². The van der Waals surface area contributed by atoms with Gasteiger partial charge in [-0.2, -0.15) is 0 Å². The number of unbranched alkanes of at least 4 members (excludes halogenated alkanes) is 8. The zero-order valence-corrected chi connectivity index (χ0v) is 31.0. The lowest BCUT2D eigenvalue weighted by Gasteiger charge is -2.18. The van der Waals surface area contributed by atoms with E-state index in [1.165, 1.54) is 38.5 Å². The van der Waals surface area contributed by atoms with Gasteiger partial charge in [-0.1, -0.05) is 127 Å². The molecule has 0 aromatic carbocycles. The highest BCUT2D eigenvalue weighted by Gasteiger charge is 2.22. The number of esters is 2. The lowest BCUT2D eigenvalue weighted by atomic mass is 9.99. The minimum absolute atomic E-state index is 0.122. The Bertz CT molecular complexity index is 954. The molecule has 0 fully saturated rings. The van der Waals surface area contributed by atoms with Crippen LogP contribution in [0.4, 0.5) is 0 Å². The summed E-state index contributed by atoms with van der Waals surface area (Å²) < 4.78 is 26.2. The molecule has 0 saturated carbocycles. The number of phosphoric acid groups is 1. The lowest BCUT2D eigenvalue weighted by molar-refractivity contribution is -0.161. The molecule has 0 rings (SSSR count). The van der Waals surface area contributed by atoms with Crippen LogP contribution >= 0.6 is 7.82 Å². The molecule has 0 aromatic rings. The predicted molar refractivity (Wildman–Crippen MR) is 194 cm³/mol. The Hall–Kier alpha value is -2.03. The molecule has 0 bridgehead atoms. The highest BCUT2D eigenvalue weighted by atomic mass is 31.2. The van der Waals surface area contributed by atoms with E-state index >= 15 is 0 Å². The Balaban J connectivity index is 4.12. The normalized spacial score (nSPS) is 14.4. The van der Waals surface area contributed by atoms with Gasteiger partial charge in [0.2, 0.25) is 0 Å².